The van der Waals surface area contributed by atoms with Crippen molar-refractivity contribution in [1.82, 2.24) is 5.32 Å². The molecule has 3 atom stereocenters. The first-order valence-corrected chi connectivity index (χ1v) is 8.26. The van der Waals surface area contributed by atoms with Gasteiger partial charge in [0.25, 0.3) is 0 Å². The van der Waals surface area contributed by atoms with E-state index in [9.17, 15) is 0 Å². The van der Waals surface area contributed by atoms with Crippen LogP contribution in [0.25, 0.3) is 0 Å². The first-order chi connectivity index (χ1) is 8.53. The van der Waals surface area contributed by atoms with Gasteiger partial charge in [0.05, 0.1) is 0 Å². The molecule has 0 spiro atoms. The summed E-state index contributed by atoms with van der Waals surface area (Å²) in [4.78, 5) is 0. The fourth-order valence-electron chi connectivity index (χ4n) is 3.87. The van der Waals surface area contributed by atoms with Crippen LogP contribution in [-0.4, -0.2) is 12.6 Å². The summed E-state index contributed by atoms with van der Waals surface area (Å²) in [5, 5.41) is 3.88. The van der Waals surface area contributed by atoms with Gasteiger partial charge in [0, 0.05) is 6.04 Å². The van der Waals surface area contributed by atoms with Crippen LogP contribution in [0.2, 0.25) is 0 Å². The first kappa shape index (κ1) is 16.0. The predicted molar refractivity (Wildman–Crippen MR) is 81.9 cm³/mol. The van der Waals surface area contributed by atoms with Crippen LogP contribution < -0.4 is 5.32 Å². The van der Waals surface area contributed by atoms with Crippen molar-refractivity contribution in [3.05, 3.63) is 0 Å². The number of nitrogens with one attached hydrogen (secondary N) is 1. The Bertz CT molecular complexity index is 222. The zero-order chi connectivity index (χ0) is 13.6. The van der Waals surface area contributed by atoms with Crippen LogP contribution in [-0.2, 0) is 0 Å². The Labute approximate surface area is 115 Å². The van der Waals surface area contributed by atoms with E-state index in [4.69, 9.17) is 0 Å². The molecule has 0 aromatic rings. The average Bonchev–Trinajstić information content (AvgIpc) is 2.31. The van der Waals surface area contributed by atoms with Crippen LogP contribution in [0.15, 0.2) is 0 Å². The predicted octanol–water partition coefficient (Wildman–Crippen LogP) is 5.01. The van der Waals surface area contributed by atoms with Crippen LogP contribution in [0.5, 0.6) is 0 Å². The van der Waals surface area contributed by atoms with E-state index in [1.54, 1.807) is 0 Å². The molecule has 18 heavy (non-hydrogen) atoms. The molecule has 1 N–H and O–H groups in total. The maximum absolute atomic E-state index is 3.88. The zero-order valence-electron chi connectivity index (χ0n) is 13.4. The molecular formula is C17H35N. The fourth-order valence-corrected chi connectivity index (χ4v) is 3.87. The van der Waals surface area contributed by atoms with E-state index in [1.165, 1.54) is 51.5 Å². The molecule has 0 aromatic carbocycles. The van der Waals surface area contributed by atoms with Crippen molar-refractivity contribution in [1.29, 1.82) is 0 Å². The third-order valence-electron chi connectivity index (χ3n) is 5.01. The second kappa shape index (κ2) is 7.53. The van der Waals surface area contributed by atoms with Gasteiger partial charge in [-0.15, -0.1) is 0 Å². The number of rotatable bonds is 7. The molecule has 0 aromatic heterocycles. The Balaban J connectivity index is 2.72. The number of hydrogen-bond acceptors (Lipinski definition) is 1. The van der Waals surface area contributed by atoms with Crippen LogP contribution in [0, 0.1) is 17.3 Å². The van der Waals surface area contributed by atoms with Gasteiger partial charge in [0.2, 0.25) is 0 Å². The summed E-state index contributed by atoms with van der Waals surface area (Å²) in [7, 11) is 0. The van der Waals surface area contributed by atoms with Gasteiger partial charge in [0.1, 0.15) is 0 Å². The molecule has 1 heteroatoms. The Hall–Kier alpha value is -0.0400. The fraction of sp³-hybridized carbons (Fsp3) is 1.00. The zero-order valence-corrected chi connectivity index (χ0v) is 13.4. The highest BCUT2D eigenvalue weighted by Gasteiger charge is 2.38. The van der Waals surface area contributed by atoms with Crippen LogP contribution >= 0.6 is 0 Å². The van der Waals surface area contributed by atoms with E-state index < -0.39 is 0 Å². The molecule has 1 rings (SSSR count). The summed E-state index contributed by atoms with van der Waals surface area (Å²) in [6, 6.07) is 0.736. The largest absolute Gasteiger partial charge is 0.313 e. The van der Waals surface area contributed by atoms with Crippen LogP contribution in [0.1, 0.15) is 79.6 Å². The smallest absolute Gasteiger partial charge is 0.0126 e. The molecule has 0 aliphatic heterocycles. The van der Waals surface area contributed by atoms with Gasteiger partial charge >= 0.3 is 0 Å². The lowest BCUT2D eigenvalue weighted by atomic mass is 9.63. The maximum atomic E-state index is 3.88. The van der Waals surface area contributed by atoms with Gasteiger partial charge in [-0.2, -0.15) is 0 Å². The normalized spacial score (nSPS) is 26.8. The summed E-state index contributed by atoms with van der Waals surface area (Å²) in [5.41, 5.74) is 0.533. The van der Waals surface area contributed by atoms with E-state index in [0.29, 0.717) is 5.41 Å². The van der Waals surface area contributed by atoms with Crippen molar-refractivity contribution in [3.63, 3.8) is 0 Å². The van der Waals surface area contributed by atoms with Crippen LogP contribution in [0.3, 0.4) is 0 Å². The Morgan fingerprint density at radius 1 is 1.17 bits per heavy atom. The van der Waals surface area contributed by atoms with Crippen molar-refractivity contribution in [3.8, 4) is 0 Å². The summed E-state index contributed by atoms with van der Waals surface area (Å²) < 4.78 is 0. The Morgan fingerprint density at radius 2 is 1.89 bits per heavy atom. The van der Waals surface area contributed by atoms with Gasteiger partial charge in [-0.3, -0.25) is 0 Å². The molecule has 1 aliphatic rings. The summed E-state index contributed by atoms with van der Waals surface area (Å²) in [5.74, 6) is 1.70. The van der Waals surface area contributed by atoms with Gasteiger partial charge in [-0.1, -0.05) is 53.9 Å². The molecule has 108 valence electrons. The molecule has 0 saturated heterocycles. The second-order valence-corrected chi connectivity index (χ2v) is 7.09. The number of hydrogen-bond donors (Lipinski definition) is 1. The van der Waals surface area contributed by atoms with Crippen LogP contribution in [0.4, 0.5) is 0 Å². The highest BCUT2D eigenvalue weighted by molar-refractivity contribution is 4.92. The molecule has 1 aliphatic carbocycles. The first-order valence-electron chi connectivity index (χ1n) is 8.26. The minimum Gasteiger partial charge on any atom is -0.313 e. The average molecular weight is 253 g/mol. The summed E-state index contributed by atoms with van der Waals surface area (Å²) >= 11 is 0. The highest BCUT2D eigenvalue weighted by atomic mass is 14.9. The van der Waals surface area contributed by atoms with Crippen molar-refractivity contribution in [2.45, 2.75) is 85.6 Å². The Kier molecular flexibility index (Phi) is 6.70. The molecule has 0 radical (unpaired) electrons. The topological polar surface area (TPSA) is 12.0 Å². The maximum Gasteiger partial charge on any atom is 0.0126 e. The second-order valence-electron chi connectivity index (χ2n) is 7.09. The van der Waals surface area contributed by atoms with E-state index in [-0.39, 0.29) is 0 Å². The quantitative estimate of drug-likeness (QED) is 0.672. The molecule has 1 saturated carbocycles. The van der Waals surface area contributed by atoms with Crippen molar-refractivity contribution in [2.75, 3.05) is 6.54 Å². The van der Waals surface area contributed by atoms with E-state index >= 15 is 0 Å². The standard InChI is InChI=1S/C17H35N/c1-6-10-14(3)16(18-13-7-2)15-11-8-9-12-17(15,4)5/h14-16,18H,6-13H2,1-5H3. The molecule has 1 nitrogen and oxygen atoms in total. The Morgan fingerprint density at radius 3 is 2.44 bits per heavy atom. The highest BCUT2D eigenvalue weighted by Crippen LogP contribution is 2.44. The molecule has 0 heterocycles. The molecule has 0 amide bonds. The molecular weight excluding hydrogens is 218 g/mol. The minimum absolute atomic E-state index is 0.533. The van der Waals surface area contributed by atoms with Gasteiger partial charge in [-0.05, 0) is 49.5 Å². The molecule has 0 bridgehead atoms. The van der Waals surface area contributed by atoms with Crippen molar-refractivity contribution in [2.24, 2.45) is 17.3 Å². The lowest BCUT2D eigenvalue weighted by Gasteiger charge is -2.45. The minimum atomic E-state index is 0.533. The third kappa shape index (κ3) is 4.26. The molecule has 1 fully saturated rings. The van der Waals surface area contributed by atoms with Crippen molar-refractivity contribution >= 4 is 0 Å². The van der Waals surface area contributed by atoms with E-state index in [2.05, 4.69) is 39.9 Å². The SMILES string of the molecule is CCCNC(C(C)CCC)C1CCCCC1(C)C. The monoisotopic (exact) mass is 253 g/mol. The summed E-state index contributed by atoms with van der Waals surface area (Å²) in [6.07, 6.45) is 9.67. The van der Waals surface area contributed by atoms with Gasteiger partial charge in [-0.25, -0.2) is 0 Å². The molecule has 3 unspecified atom stereocenters. The lowest BCUT2D eigenvalue weighted by Crippen LogP contribution is -2.48. The summed E-state index contributed by atoms with van der Waals surface area (Å²) in [6.45, 7) is 13.2. The lowest BCUT2D eigenvalue weighted by molar-refractivity contribution is 0.0743. The van der Waals surface area contributed by atoms with Gasteiger partial charge < -0.3 is 5.32 Å². The van der Waals surface area contributed by atoms with E-state index in [0.717, 1.165) is 17.9 Å². The van der Waals surface area contributed by atoms with Gasteiger partial charge in [0.15, 0.2) is 0 Å². The van der Waals surface area contributed by atoms with E-state index in [1.807, 2.05) is 0 Å². The third-order valence-corrected chi connectivity index (χ3v) is 5.01. The van der Waals surface area contributed by atoms with Crippen molar-refractivity contribution < 1.29 is 0 Å².